The van der Waals surface area contributed by atoms with Crippen molar-refractivity contribution < 1.29 is 33.3 Å². The second-order valence-corrected chi connectivity index (χ2v) is 12.6. The van der Waals surface area contributed by atoms with Crippen LogP contribution in [0.25, 0.3) is 33.8 Å². The first-order valence-corrected chi connectivity index (χ1v) is 17.0. The molecule has 0 bridgehead atoms. The molecule has 2 aromatic heterocycles. The molecule has 1 atom stereocenters. The topological polar surface area (TPSA) is 194 Å². The van der Waals surface area contributed by atoms with Crippen molar-refractivity contribution in [1.29, 1.82) is 0 Å². The van der Waals surface area contributed by atoms with Crippen LogP contribution >= 0.6 is 0 Å². The van der Waals surface area contributed by atoms with Crippen LogP contribution in [0.4, 0.5) is 11.4 Å². The number of carbonyl (C=O) groups excluding carboxylic acids is 5. The molecule has 2 aliphatic heterocycles. The lowest BCUT2D eigenvalue weighted by Crippen LogP contribution is -2.54. The lowest BCUT2D eigenvalue weighted by molar-refractivity contribution is -0.384. The van der Waals surface area contributed by atoms with Gasteiger partial charge in [0.1, 0.15) is 11.7 Å². The van der Waals surface area contributed by atoms with Gasteiger partial charge in [-0.2, -0.15) is 0 Å². The fourth-order valence-corrected chi connectivity index (χ4v) is 6.33. The Bertz CT molecular complexity index is 2250. The molecule has 0 spiro atoms. The smallest absolute Gasteiger partial charge is 0.269 e. The molecule has 3 N–H and O–H groups in total. The van der Waals surface area contributed by atoms with E-state index in [1.165, 1.54) is 12.1 Å². The highest BCUT2D eigenvalue weighted by molar-refractivity contribution is 6.23. The van der Waals surface area contributed by atoms with Crippen LogP contribution in [0.15, 0.2) is 102 Å². The van der Waals surface area contributed by atoms with Gasteiger partial charge in [0, 0.05) is 48.5 Å². The molecule has 14 nitrogen and oxygen atoms in total. The first-order chi connectivity index (χ1) is 25.7. The number of nitrogens with one attached hydrogen (secondary N) is 3. The first-order valence-electron chi connectivity index (χ1n) is 17.0. The molecule has 1 saturated heterocycles. The van der Waals surface area contributed by atoms with E-state index in [0.717, 1.165) is 16.0 Å². The molecular formula is C39H32N6O8. The van der Waals surface area contributed by atoms with Gasteiger partial charge in [0.05, 0.1) is 28.0 Å². The summed E-state index contributed by atoms with van der Waals surface area (Å²) in [5.74, 6) is -1.85. The zero-order chi connectivity index (χ0) is 37.1. The van der Waals surface area contributed by atoms with E-state index in [-0.39, 0.29) is 35.6 Å². The molecular weight excluding hydrogens is 680 g/mol. The Hall–Kier alpha value is -6.96. The summed E-state index contributed by atoms with van der Waals surface area (Å²) in [5.41, 5.74) is 5.10. The van der Waals surface area contributed by atoms with E-state index in [2.05, 4.69) is 16.0 Å². The summed E-state index contributed by atoms with van der Waals surface area (Å²) >= 11 is 0. The quantitative estimate of drug-likeness (QED) is 0.0634. The number of furan rings is 1. The number of benzene rings is 3. The molecule has 0 saturated carbocycles. The predicted octanol–water partition coefficient (Wildman–Crippen LogP) is 5.61. The molecule has 3 aromatic carbocycles. The summed E-state index contributed by atoms with van der Waals surface area (Å²) in [6.45, 7) is 0.992. The number of nitro benzene ring substituents is 1. The van der Waals surface area contributed by atoms with E-state index in [0.29, 0.717) is 59.9 Å². The van der Waals surface area contributed by atoms with Gasteiger partial charge in [-0.3, -0.25) is 44.3 Å². The normalized spacial score (nSPS) is 15.2. The molecule has 5 aromatic rings. The number of nitro groups is 1. The highest BCUT2D eigenvalue weighted by atomic mass is 16.6. The molecule has 7 rings (SSSR count). The number of fused-ring (bicyclic) bond motifs is 1. The monoisotopic (exact) mass is 712 g/mol. The van der Waals surface area contributed by atoms with Crippen molar-refractivity contribution in [3.05, 3.63) is 124 Å². The number of rotatable bonds is 12. The number of aromatic nitrogens is 1. The average molecular weight is 713 g/mol. The molecule has 266 valence electrons. The summed E-state index contributed by atoms with van der Waals surface area (Å²) in [4.78, 5) is 79.1. The predicted molar refractivity (Wildman–Crippen MR) is 193 cm³/mol. The zero-order valence-electron chi connectivity index (χ0n) is 28.2. The van der Waals surface area contributed by atoms with E-state index in [9.17, 15) is 34.1 Å². The van der Waals surface area contributed by atoms with Gasteiger partial charge in [0.15, 0.2) is 5.76 Å². The van der Waals surface area contributed by atoms with Gasteiger partial charge in [-0.05, 0) is 97.1 Å². The summed E-state index contributed by atoms with van der Waals surface area (Å²) in [5, 5.41) is 19.5. The van der Waals surface area contributed by atoms with Crippen molar-refractivity contribution in [2.75, 3.05) is 18.4 Å². The maximum absolute atomic E-state index is 13.1. The number of anilines is 1. The van der Waals surface area contributed by atoms with Gasteiger partial charge in [-0.25, -0.2) is 4.98 Å². The number of nitrogens with zero attached hydrogens (tertiary/aromatic N) is 3. The highest BCUT2D eigenvalue weighted by Gasteiger charge is 2.44. The molecule has 5 amide bonds. The SMILES string of the molecule is O=C1CCC(N2C(=O)c3ccc(NCCCCNC(=O)c4ccc(-c5cc(-c6ccc([N+](=O)[O-])cc6)nc(-c6ccco6)c5)cc4)cc3C2=O)C(=O)N1. The van der Waals surface area contributed by atoms with Gasteiger partial charge < -0.3 is 15.1 Å². The maximum atomic E-state index is 13.1. The number of amides is 5. The number of unbranched alkanes of at least 4 members (excludes halogenated alkanes) is 1. The molecule has 1 fully saturated rings. The van der Waals surface area contributed by atoms with Crippen LogP contribution in [0.1, 0.15) is 56.8 Å². The third kappa shape index (κ3) is 7.28. The van der Waals surface area contributed by atoms with E-state index in [1.807, 2.05) is 24.3 Å². The minimum Gasteiger partial charge on any atom is -0.463 e. The second kappa shape index (κ2) is 14.7. The number of imide groups is 2. The second-order valence-electron chi connectivity index (χ2n) is 12.6. The highest BCUT2D eigenvalue weighted by Crippen LogP contribution is 2.32. The zero-order valence-corrected chi connectivity index (χ0v) is 28.2. The molecule has 0 radical (unpaired) electrons. The lowest BCUT2D eigenvalue weighted by Gasteiger charge is -2.27. The van der Waals surface area contributed by atoms with Crippen molar-refractivity contribution >= 4 is 40.9 Å². The first kappa shape index (κ1) is 34.5. The Morgan fingerprint density at radius 1 is 0.849 bits per heavy atom. The van der Waals surface area contributed by atoms with E-state index in [1.54, 1.807) is 60.9 Å². The number of hydrogen-bond donors (Lipinski definition) is 3. The van der Waals surface area contributed by atoms with Crippen LogP contribution in [0.2, 0.25) is 0 Å². The standard InChI is InChI=1S/C39H32N6O8/c46-35-16-15-33(37(48)43-35)44-38(49)29-14-11-27(22-30(29)39(44)50)40-17-1-2-18-41-36(47)25-7-5-23(6-8-25)26-20-31(24-9-12-28(13-10-24)45(51)52)42-32(21-26)34-4-3-19-53-34/h3-14,19-22,33,40H,1-2,15-18H2,(H,41,47)(H,43,46,48). The molecule has 53 heavy (non-hydrogen) atoms. The van der Waals surface area contributed by atoms with Crippen molar-refractivity contribution in [2.45, 2.75) is 31.7 Å². The molecule has 4 heterocycles. The largest absolute Gasteiger partial charge is 0.463 e. The Labute approximate surface area is 302 Å². The molecule has 2 aliphatic rings. The third-order valence-corrected chi connectivity index (χ3v) is 9.11. The summed E-state index contributed by atoms with van der Waals surface area (Å²) in [7, 11) is 0. The van der Waals surface area contributed by atoms with Crippen LogP contribution in [-0.4, -0.2) is 63.5 Å². The summed E-state index contributed by atoms with van der Waals surface area (Å²) in [6.07, 6.45) is 3.10. The Balaban J connectivity index is 0.921. The Kier molecular flexibility index (Phi) is 9.58. The van der Waals surface area contributed by atoms with Crippen molar-refractivity contribution in [3.63, 3.8) is 0 Å². The number of piperidine rings is 1. The average Bonchev–Trinajstić information content (AvgIpc) is 3.80. The third-order valence-electron chi connectivity index (χ3n) is 9.11. The van der Waals surface area contributed by atoms with Crippen molar-refractivity contribution in [3.8, 4) is 33.8 Å². The maximum Gasteiger partial charge on any atom is 0.269 e. The van der Waals surface area contributed by atoms with Crippen LogP contribution in [0.3, 0.4) is 0 Å². The lowest BCUT2D eigenvalue weighted by atomic mass is 10.00. The van der Waals surface area contributed by atoms with Crippen molar-refractivity contribution in [2.24, 2.45) is 0 Å². The van der Waals surface area contributed by atoms with E-state index >= 15 is 0 Å². The van der Waals surface area contributed by atoms with Gasteiger partial charge >= 0.3 is 0 Å². The Morgan fingerprint density at radius 2 is 1.57 bits per heavy atom. The van der Waals surface area contributed by atoms with Crippen LogP contribution < -0.4 is 16.0 Å². The van der Waals surface area contributed by atoms with Gasteiger partial charge in [0.25, 0.3) is 23.4 Å². The molecule has 1 unspecified atom stereocenters. The molecule has 14 heteroatoms. The number of carbonyl (C=O) groups is 5. The molecule has 0 aliphatic carbocycles. The van der Waals surface area contributed by atoms with Gasteiger partial charge in [-0.1, -0.05) is 12.1 Å². The minimum atomic E-state index is -1.02. The number of pyridine rings is 1. The van der Waals surface area contributed by atoms with E-state index < -0.39 is 34.6 Å². The number of non-ortho nitro benzene ring substituents is 1. The van der Waals surface area contributed by atoms with Gasteiger partial charge in [0.2, 0.25) is 11.8 Å². The van der Waals surface area contributed by atoms with Crippen LogP contribution in [0, 0.1) is 10.1 Å². The fraction of sp³-hybridized carbons (Fsp3) is 0.179. The Morgan fingerprint density at radius 3 is 2.28 bits per heavy atom. The van der Waals surface area contributed by atoms with Crippen LogP contribution in [-0.2, 0) is 9.59 Å². The summed E-state index contributed by atoms with van der Waals surface area (Å²) in [6, 6.07) is 24.5. The summed E-state index contributed by atoms with van der Waals surface area (Å²) < 4.78 is 5.59. The van der Waals surface area contributed by atoms with Crippen LogP contribution in [0.5, 0.6) is 0 Å². The van der Waals surface area contributed by atoms with Gasteiger partial charge in [-0.15, -0.1) is 0 Å². The fourth-order valence-electron chi connectivity index (χ4n) is 6.33. The van der Waals surface area contributed by atoms with Crippen molar-refractivity contribution in [1.82, 2.24) is 20.5 Å². The minimum absolute atomic E-state index is 0.0159. The van der Waals surface area contributed by atoms with E-state index in [4.69, 9.17) is 9.40 Å². The number of hydrogen-bond acceptors (Lipinski definition) is 10.